The van der Waals surface area contributed by atoms with E-state index in [4.69, 9.17) is 0 Å². The van der Waals surface area contributed by atoms with E-state index in [9.17, 15) is 0 Å². The van der Waals surface area contributed by atoms with Gasteiger partial charge in [-0.1, -0.05) is 6.08 Å². The maximum atomic E-state index is 2.94. The van der Waals surface area contributed by atoms with Crippen LogP contribution in [-0.4, -0.2) is 0 Å². The minimum atomic E-state index is 0. The molecule has 0 N–H and O–H groups in total. The summed E-state index contributed by atoms with van der Waals surface area (Å²) in [6.45, 7) is 0. The summed E-state index contributed by atoms with van der Waals surface area (Å²) in [4.78, 5) is 0. The standard InChI is InChI=1S/C8H7.K/c1-2-4-6-8-7-5-3-1;/h1-7H;/q-1;+1/b2-1-,3-1?,4-2?,5-3-,6-4-,7-5?;. The normalized spacial score (nSPS) is 28.4. The fourth-order valence-electron chi connectivity index (χ4n) is 0.470. The molecule has 0 saturated heterocycles. The van der Waals surface area contributed by atoms with Crippen molar-refractivity contribution in [3.05, 3.63) is 48.6 Å². The topological polar surface area (TPSA) is 0 Å². The Labute approximate surface area is 98.5 Å². The van der Waals surface area contributed by atoms with Crippen LogP contribution < -0.4 is 51.4 Å². The van der Waals surface area contributed by atoms with Gasteiger partial charge < -0.3 is 0 Å². The third kappa shape index (κ3) is 5.06. The van der Waals surface area contributed by atoms with Crippen LogP contribution in [0, 0.1) is 6.08 Å². The maximum Gasteiger partial charge on any atom is 1.00 e. The average Bonchev–Trinajstić information content (AvgIpc) is 1.62. The molecule has 1 aliphatic carbocycles. The van der Waals surface area contributed by atoms with Gasteiger partial charge in [-0.15, -0.1) is 12.2 Å². The summed E-state index contributed by atoms with van der Waals surface area (Å²) in [7, 11) is 0. The first-order valence-corrected chi connectivity index (χ1v) is 2.58. The monoisotopic (exact) mass is 142 g/mol. The van der Waals surface area contributed by atoms with E-state index in [2.05, 4.69) is 6.08 Å². The van der Waals surface area contributed by atoms with Gasteiger partial charge in [-0.05, 0) is 0 Å². The molecule has 0 spiro atoms. The van der Waals surface area contributed by atoms with Crippen LogP contribution >= 0.6 is 0 Å². The maximum absolute atomic E-state index is 2.94. The zero-order valence-electron chi connectivity index (χ0n) is 5.54. The Balaban J connectivity index is 0.000000640. The van der Waals surface area contributed by atoms with Crippen LogP contribution in [0.15, 0.2) is 42.5 Å². The van der Waals surface area contributed by atoms with Crippen molar-refractivity contribution in [1.82, 2.24) is 0 Å². The first kappa shape index (κ1) is 9.60. The SMILES string of the molecule is [C-]1=C\C=C/C=C\C=C/1.[K+]. The van der Waals surface area contributed by atoms with E-state index in [-0.39, 0.29) is 51.4 Å². The third-order valence-electron chi connectivity index (χ3n) is 0.829. The van der Waals surface area contributed by atoms with Crippen molar-refractivity contribution in [2.75, 3.05) is 0 Å². The predicted octanol–water partition coefficient (Wildman–Crippen LogP) is -0.968. The Kier molecular flexibility index (Phi) is 7.16. The van der Waals surface area contributed by atoms with Gasteiger partial charge in [0.2, 0.25) is 0 Å². The second kappa shape index (κ2) is 6.71. The number of allylic oxidation sites excluding steroid dienone is 8. The van der Waals surface area contributed by atoms with Gasteiger partial charge in [0.25, 0.3) is 0 Å². The Morgan fingerprint density at radius 3 is 2.33 bits per heavy atom. The molecule has 0 bridgehead atoms. The van der Waals surface area contributed by atoms with Gasteiger partial charge in [-0.3, -0.25) is 0 Å². The molecule has 0 aromatic heterocycles. The molecule has 1 heteroatoms. The summed E-state index contributed by atoms with van der Waals surface area (Å²) >= 11 is 0. The van der Waals surface area contributed by atoms with Crippen molar-refractivity contribution in [1.29, 1.82) is 0 Å². The van der Waals surface area contributed by atoms with Crippen LogP contribution in [0.3, 0.4) is 0 Å². The Bertz CT molecular complexity index is 105. The van der Waals surface area contributed by atoms with Crippen LogP contribution in [0.25, 0.3) is 0 Å². The molecule has 1 aliphatic rings. The van der Waals surface area contributed by atoms with Crippen LogP contribution in [0.2, 0.25) is 0 Å². The molecule has 1 rings (SSSR count). The van der Waals surface area contributed by atoms with Crippen molar-refractivity contribution in [3.63, 3.8) is 0 Å². The van der Waals surface area contributed by atoms with Crippen molar-refractivity contribution in [3.8, 4) is 0 Å². The fraction of sp³-hybridized carbons (Fsp3) is 0. The van der Waals surface area contributed by atoms with Gasteiger partial charge in [-0.25, -0.2) is 0 Å². The summed E-state index contributed by atoms with van der Waals surface area (Å²) in [6, 6.07) is 0. The molecule has 0 aromatic carbocycles. The van der Waals surface area contributed by atoms with Crippen LogP contribution in [0.4, 0.5) is 0 Å². The van der Waals surface area contributed by atoms with Crippen LogP contribution in [-0.2, 0) is 0 Å². The molecule has 0 unspecified atom stereocenters. The van der Waals surface area contributed by atoms with Gasteiger partial charge in [0, 0.05) is 0 Å². The van der Waals surface area contributed by atoms with Crippen LogP contribution in [0.5, 0.6) is 0 Å². The molecule has 0 nitrogen and oxygen atoms in total. The number of hydrogen-bond donors (Lipinski definition) is 0. The average molecular weight is 142 g/mol. The van der Waals surface area contributed by atoms with E-state index >= 15 is 0 Å². The van der Waals surface area contributed by atoms with E-state index < -0.39 is 0 Å². The molecule has 0 amide bonds. The summed E-state index contributed by atoms with van der Waals surface area (Å²) in [5, 5.41) is 0. The molecule has 0 radical (unpaired) electrons. The molecular formula is C8H7K. The zero-order valence-corrected chi connectivity index (χ0v) is 8.66. The summed E-state index contributed by atoms with van der Waals surface area (Å²) in [6.07, 6.45) is 16.5. The first-order valence-electron chi connectivity index (χ1n) is 2.58. The van der Waals surface area contributed by atoms with Gasteiger partial charge >= 0.3 is 51.4 Å². The molecule has 0 saturated carbocycles. The zero-order chi connectivity index (χ0) is 5.66. The van der Waals surface area contributed by atoms with E-state index in [1.54, 1.807) is 0 Å². The molecular weight excluding hydrogens is 135 g/mol. The van der Waals surface area contributed by atoms with Gasteiger partial charge in [-0.2, -0.15) is 30.4 Å². The Morgan fingerprint density at radius 2 is 1.44 bits per heavy atom. The molecule has 0 aliphatic heterocycles. The molecule has 0 fully saturated rings. The second-order valence-electron chi connectivity index (χ2n) is 1.46. The van der Waals surface area contributed by atoms with E-state index in [1.807, 2.05) is 42.5 Å². The molecule has 9 heavy (non-hydrogen) atoms. The summed E-state index contributed by atoms with van der Waals surface area (Å²) in [5.41, 5.74) is 0. The minimum absolute atomic E-state index is 0. The van der Waals surface area contributed by atoms with Crippen molar-refractivity contribution < 1.29 is 51.4 Å². The van der Waals surface area contributed by atoms with Gasteiger partial charge in [0.15, 0.2) is 0 Å². The van der Waals surface area contributed by atoms with Crippen molar-refractivity contribution >= 4 is 0 Å². The second-order valence-corrected chi connectivity index (χ2v) is 1.46. The van der Waals surface area contributed by atoms with Crippen molar-refractivity contribution in [2.45, 2.75) is 0 Å². The van der Waals surface area contributed by atoms with Crippen molar-refractivity contribution in [2.24, 2.45) is 0 Å². The molecule has 40 valence electrons. The predicted molar refractivity (Wildman–Crippen MR) is 35.2 cm³/mol. The number of rotatable bonds is 0. The Hall–Kier alpha value is 0.596. The molecule has 0 aromatic rings. The largest absolute Gasteiger partial charge is 1.00 e. The van der Waals surface area contributed by atoms with Crippen LogP contribution in [0.1, 0.15) is 0 Å². The third-order valence-corrected chi connectivity index (χ3v) is 0.829. The van der Waals surface area contributed by atoms with Gasteiger partial charge in [0.1, 0.15) is 0 Å². The summed E-state index contributed by atoms with van der Waals surface area (Å²) < 4.78 is 0. The quantitative estimate of drug-likeness (QED) is 0.302. The molecule has 0 heterocycles. The van der Waals surface area contributed by atoms with E-state index in [0.717, 1.165) is 0 Å². The minimum Gasteiger partial charge on any atom is -0.184 e. The first-order chi connectivity index (χ1) is 4.00. The Morgan fingerprint density at radius 1 is 0.778 bits per heavy atom. The van der Waals surface area contributed by atoms with Gasteiger partial charge in [0.05, 0.1) is 0 Å². The number of hydrogen-bond acceptors (Lipinski definition) is 0. The van der Waals surface area contributed by atoms with E-state index in [0.29, 0.717) is 0 Å². The smallest absolute Gasteiger partial charge is 0.184 e. The van der Waals surface area contributed by atoms with E-state index in [1.165, 1.54) is 0 Å². The fourth-order valence-corrected chi connectivity index (χ4v) is 0.470. The molecule has 0 atom stereocenters. The summed E-state index contributed by atoms with van der Waals surface area (Å²) in [5.74, 6) is 0.